The number of nitrogens with one attached hydrogen (secondary N) is 1. The minimum atomic E-state index is -3.55. The van der Waals surface area contributed by atoms with Gasteiger partial charge in [-0.3, -0.25) is 13.9 Å². The molecule has 1 atom stereocenters. The summed E-state index contributed by atoms with van der Waals surface area (Å²) in [5.41, 5.74) is 2.92. The molecule has 2 rings (SSSR count). The van der Waals surface area contributed by atoms with Gasteiger partial charge in [0.25, 0.3) is 0 Å². The van der Waals surface area contributed by atoms with Gasteiger partial charge in [0.15, 0.2) is 0 Å². The van der Waals surface area contributed by atoms with E-state index in [1.807, 2.05) is 71.9 Å². The van der Waals surface area contributed by atoms with Crippen molar-refractivity contribution in [1.82, 2.24) is 10.2 Å². The van der Waals surface area contributed by atoms with E-state index in [0.29, 0.717) is 23.6 Å². The highest BCUT2D eigenvalue weighted by molar-refractivity contribution is 7.92. The van der Waals surface area contributed by atoms with Crippen LogP contribution in [-0.2, 0) is 26.2 Å². The fourth-order valence-electron chi connectivity index (χ4n) is 4.07. The molecule has 1 N–H and O–H groups in total. The van der Waals surface area contributed by atoms with Gasteiger partial charge in [-0.15, -0.1) is 0 Å². The van der Waals surface area contributed by atoms with E-state index in [9.17, 15) is 18.0 Å². The zero-order valence-electron chi connectivity index (χ0n) is 23.0. The van der Waals surface area contributed by atoms with E-state index in [0.717, 1.165) is 22.9 Å². The standard InChI is InChI=1S/C28H40ClN3O4S/c1-8-25(27(34)30-28(4,5)6)31(19-22-12-9-10-13-24(22)29)26(33)14-11-17-32(37(7,35)36)23-16-15-20(2)21(3)18-23/h9-10,12-13,15-16,18,25H,8,11,14,17,19H2,1-7H3,(H,30,34)/t25-/m0/s1. The number of amides is 2. The molecule has 0 aliphatic heterocycles. The quantitative estimate of drug-likeness (QED) is 0.416. The van der Waals surface area contributed by atoms with Crippen molar-refractivity contribution >= 4 is 39.1 Å². The molecule has 37 heavy (non-hydrogen) atoms. The molecule has 7 nitrogen and oxygen atoms in total. The highest BCUT2D eigenvalue weighted by Gasteiger charge is 2.31. The van der Waals surface area contributed by atoms with E-state index in [1.165, 1.54) is 4.31 Å². The van der Waals surface area contributed by atoms with E-state index in [1.54, 1.807) is 17.0 Å². The summed E-state index contributed by atoms with van der Waals surface area (Å²) in [7, 11) is -3.55. The van der Waals surface area contributed by atoms with Crippen LogP contribution in [0.3, 0.4) is 0 Å². The van der Waals surface area contributed by atoms with Crippen LogP contribution in [0.15, 0.2) is 42.5 Å². The molecular formula is C28H40ClN3O4S. The topological polar surface area (TPSA) is 86.8 Å². The number of hydrogen-bond donors (Lipinski definition) is 1. The van der Waals surface area contributed by atoms with Crippen LogP contribution in [-0.4, -0.2) is 49.5 Å². The Hall–Kier alpha value is -2.58. The number of benzene rings is 2. The molecule has 0 radical (unpaired) electrons. The molecule has 0 saturated heterocycles. The molecule has 2 amide bonds. The van der Waals surface area contributed by atoms with E-state index in [4.69, 9.17) is 11.6 Å². The molecular weight excluding hydrogens is 510 g/mol. The van der Waals surface area contributed by atoms with Gasteiger partial charge >= 0.3 is 0 Å². The Morgan fingerprint density at radius 3 is 2.24 bits per heavy atom. The Kier molecular flexibility index (Phi) is 10.6. The third kappa shape index (κ3) is 9.04. The summed E-state index contributed by atoms with van der Waals surface area (Å²) in [6, 6.07) is 12.1. The number of sulfonamides is 1. The average molecular weight is 550 g/mol. The van der Waals surface area contributed by atoms with E-state index in [-0.39, 0.29) is 31.3 Å². The first-order valence-electron chi connectivity index (χ1n) is 12.5. The van der Waals surface area contributed by atoms with Crippen molar-refractivity contribution in [2.45, 2.75) is 78.9 Å². The van der Waals surface area contributed by atoms with Crippen LogP contribution >= 0.6 is 11.6 Å². The minimum absolute atomic E-state index is 0.0839. The second-order valence-electron chi connectivity index (χ2n) is 10.5. The predicted molar refractivity (Wildman–Crippen MR) is 151 cm³/mol. The molecule has 0 bridgehead atoms. The Labute approximate surface area is 227 Å². The van der Waals surface area contributed by atoms with Gasteiger partial charge < -0.3 is 10.2 Å². The molecule has 9 heteroatoms. The lowest BCUT2D eigenvalue weighted by atomic mass is 10.0. The second-order valence-corrected chi connectivity index (χ2v) is 12.8. The predicted octanol–water partition coefficient (Wildman–Crippen LogP) is 5.23. The lowest BCUT2D eigenvalue weighted by Crippen LogP contribution is -2.53. The molecule has 0 saturated carbocycles. The summed E-state index contributed by atoms with van der Waals surface area (Å²) in [6.45, 7) is 11.8. The van der Waals surface area contributed by atoms with Gasteiger partial charge in [0.1, 0.15) is 6.04 Å². The van der Waals surface area contributed by atoms with Crippen molar-refractivity contribution in [2.24, 2.45) is 0 Å². The van der Waals surface area contributed by atoms with Gasteiger partial charge in [-0.1, -0.05) is 42.8 Å². The van der Waals surface area contributed by atoms with E-state index in [2.05, 4.69) is 5.32 Å². The van der Waals surface area contributed by atoms with Gasteiger partial charge in [-0.25, -0.2) is 8.42 Å². The number of halogens is 1. The molecule has 2 aromatic carbocycles. The largest absolute Gasteiger partial charge is 0.350 e. The monoisotopic (exact) mass is 549 g/mol. The lowest BCUT2D eigenvalue weighted by Gasteiger charge is -2.33. The van der Waals surface area contributed by atoms with Crippen molar-refractivity contribution in [3.63, 3.8) is 0 Å². The summed E-state index contributed by atoms with van der Waals surface area (Å²) >= 11 is 6.38. The molecule has 0 aliphatic carbocycles. The van der Waals surface area contributed by atoms with Gasteiger partial charge in [-0.05, 0) is 82.3 Å². The molecule has 204 valence electrons. The van der Waals surface area contributed by atoms with E-state index >= 15 is 0 Å². The van der Waals surface area contributed by atoms with Gasteiger partial charge in [-0.2, -0.15) is 0 Å². The third-order valence-corrected chi connectivity index (χ3v) is 7.68. The smallest absolute Gasteiger partial charge is 0.243 e. The highest BCUT2D eigenvalue weighted by atomic mass is 35.5. The molecule has 0 aliphatic rings. The minimum Gasteiger partial charge on any atom is -0.350 e. The molecule has 2 aromatic rings. The Balaban J connectivity index is 2.27. The Morgan fingerprint density at radius 2 is 1.70 bits per heavy atom. The number of hydrogen-bond acceptors (Lipinski definition) is 4. The number of rotatable bonds is 11. The number of anilines is 1. The lowest BCUT2D eigenvalue weighted by molar-refractivity contribution is -0.142. The van der Waals surface area contributed by atoms with Gasteiger partial charge in [0.2, 0.25) is 21.8 Å². The van der Waals surface area contributed by atoms with E-state index < -0.39 is 21.6 Å². The average Bonchev–Trinajstić information content (AvgIpc) is 2.77. The maximum Gasteiger partial charge on any atom is 0.243 e. The molecule has 0 fully saturated rings. The van der Waals surface area contributed by atoms with Gasteiger partial charge in [0.05, 0.1) is 11.9 Å². The van der Waals surface area contributed by atoms with Crippen molar-refractivity contribution in [1.29, 1.82) is 0 Å². The van der Waals surface area contributed by atoms with Crippen molar-refractivity contribution in [3.05, 3.63) is 64.2 Å². The van der Waals surface area contributed by atoms with Crippen LogP contribution in [0.1, 0.15) is 63.6 Å². The fraction of sp³-hybridized carbons (Fsp3) is 0.500. The summed E-state index contributed by atoms with van der Waals surface area (Å²) in [5.74, 6) is -0.465. The first-order chi connectivity index (χ1) is 17.1. The Bertz CT molecular complexity index is 1210. The highest BCUT2D eigenvalue weighted by Crippen LogP contribution is 2.24. The molecule has 0 unspecified atom stereocenters. The second kappa shape index (κ2) is 12.8. The van der Waals surface area contributed by atoms with Crippen LogP contribution in [0.5, 0.6) is 0 Å². The molecule has 0 aromatic heterocycles. The van der Waals surface area contributed by atoms with Crippen molar-refractivity contribution in [3.8, 4) is 0 Å². The van der Waals surface area contributed by atoms with Crippen LogP contribution in [0, 0.1) is 13.8 Å². The normalized spacial score (nSPS) is 12.6. The molecule has 0 heterocycles. The summed E-state index contributed by atoms with van der Waals surface area (Å²) < 4.78 is 26.4. The van der Waals surface area contributed by atoms with Crippen LogP contribution in [0.4, 0.5) is 5.69 Å². The van der Waals surface area contributed by atoms with Crippen molar-refractivity contribution in [2.75, 3.05) is 17.1 Å². The summed E-state index contributed by atoms with van der Waals surface area (Å²) in [6.07, 6.45) is 1.98. The summed E-state index contributed by atoms with van der Waals surface area (Å²) in [4.78, 5) is 28.2. The molecule has 0 spiro atoms. The SMILES string of the molecule is CC[C@@H](C(=O)NC(C)(C)C)N(Cc1ccccc1Cl)C(=O)CCCN(c1ccc(C)c(C)c1)S(C)(=O)=O. The maximum atomic E-state index is 13.5. The van der Waals surface area contributed by atoms with Crippen LogP contribution in [0.2, 0.25) is 5.02 Å². The zero-order chi connectivity index (χ0) is 28.0. The Morgan fingerprint density at radius 1 is 1.05 bits per heavy atom. The number of carbonyl (C=O) groups is 2. The first-order valence-corrected chi connectivity index (χ1v) is 14.8. The third-order valence-electron chi connectivity index (χ3n) is 6.11. The zero-order valence-corrected chi connectivity index (χ0v) is 24.5. The summed E-state index contributed by atoms with van der Waals surface area (Å²) in [5, 5.41) is 3.50. The number of nitrogens with zero attached hydrogens (tertiary/aromatic N) is 2. The maximum absolute atomic E-state index is 13.5. The number of aryl methyl sites for hydroxylation is 2. The fourth-order valence-corrected chi connectivity index (χ4v) is 5.22. The van der Waals surface area contributed by atoms with Crippen LogP contribution < -0.4 is 9.62 Å². The number of carbonyl (C=O) groups excluding carboxylic acids is 2. The first kappa shape index (κ1) is 30.6. The van der Waals surface area contributed by atoms with Crippen molar-refractivity contribution < 1.29 is 18.0 Å². The van der Waals surface area contributed by atoms with Gasteiger partial charge in [0, 0.05) is 30.1 Å². The van der Waals surface area contributed by atoms with Crippen LogP contribution in [0.25, 0.3) is 0 Å².